The maximum absolute atomic E-state index is 14.0. The first-order valence-electron chi connectivity index (χ1n) is 14.9. The summed E-state index contributed by atoms with van der Waals surface area (Å²) < 4.78 is 35.0. The average Bonchev–Trinajstić information content (AvgIpc) is 3.52. The monoisotopic (exact) mass is 660 g/mol. The molecule has 1 atom stereocenters. The lowest BCUT2D eigenvalue weighted by molar-refractivity contribution is -0.0734. The van der Waals surface area contributed by atoms with Gasteiger partial charge in [-0.25, -0.2) is 13.5 Å². The number of pyridine rings is 1. The number of fused-ring (bicyclic) bond motifs is 1. The Balaban J connectivity index is 1.22. The molecule has 46 heavy (non-hydrogen) atoms. The van der Waals surface area contributed by atoms with Gasteiger partial charge in [0.2, 0.25) is 0 Å². The highest BCUT2D eigenvalue weighted by Crippen LogP contribution is 2.37. The molecule has 0 spiro atoms. The van der Waals surface area contributed by atoms with Crippen molar-refractivity contribution >= 4 is 51.2 Å². The molecule has 5 aromatic rings. The quantitative estimate of drug-likeness (QED) is 0.179. The number of rotatable bonds is 8. The predicted molar refractivity (Wildman–Crippen MR) is 172 cm³/mol. The molecule has 2 aromatic heterocycles. The van der Waals surface area contributed by atoms with Crippen LogP contribution in [0.2, 0.25) is 10.0 Å². The fraction of sp³-hybridized carbons (Fsp3) is 0.273. The first-order chi connectivity index (χ1) is 22.4. The van der Waals surface area contributed by atoms with E-state index in [-0.39, 0.29) is 17.3 Å². The highest BCUT2D eigenvalue weighted by molar-refractivity contribution is 6.36. The number of benzene rings is 3. The molecule has 13 heteroatoms. The molecule has 234 valence electrons. The van der Waals surface area contributed by atoms with Crippen LogP contribution >= 0.6 is 23.2 Å². The molecule has 2 saturated heterocycles. The number of nitrogens with one attached hydrogen (secondary N) is 2. The molecule has 2 fully saturated rings. The lowest BCUT2D eigenvalue weighted by atomic mass is 10.0. The molecule has 0 radical (unpaired) electrons. The predicted octanol–water partition coefficient (Wildman–Crippen LogP) is 7.26. The van der Waals surface area contributed by atoms with Crippen molar-refractivity contribution in [3.8, 4) is 6.07 Å². The van der Waals surface area contributed by atoms with Gasteiger partial charge in [0.15, 0.2) is 11.6 Å². The SMILES string of the molecule is N#Cc1cnc2c(Cl)cc(N[C@@H](c3ccc(Cl)cc3)c3cn(C4CCN(C5COC5)CC4)nn3)cc2c1Nc1ccc(F)c(F)c1. The van der Waals surface area contributed by atoms with E-state index in [4.69, 9.17) is 27.9 Å². The number of piperidine rings is 1. The first kappa shape index (κ1) is 30.3. The number of hydrogen-bond acceptors (Lipinski definition) is 8. The highest BCUT2D eigenvalue weighted by Gasteiger charge is 2.31. The van der Waals surface area contributed by atoms with Crippen LogP contribution in [0.1, 0.15) is 41.7 Å². The van der Waals surface area contributed by atoms with Gasteiger partial charge in [0, 0.05) is 47.1 Å². The Bertz CT molecular complexity index is 1940. The van der Waals surface area contributed by atoms with Gasteiger partial charge in [0.1, 0.15) is 11.8 Å². The molecule has 4 heterocycles. The molecule has 2 aliphatic rings. The van der Waals surface area contributed by atoms with Gasteiger partial charge < -0.3 is 15.4 Å². The summed E-state index contributed by atoms with van der Waals surface area (Å²) in [7, 11) is 0. The summed E-state index contributed by atoms with van der Waals surface area (Å²) in [5, 5.41) is 27.1. The van der Waals surface area contributed by atoms with Crippen LogP contribution in [0, 0.1) is 23.0 Å². The van der Waals surface area contributed by atoms with Crippen LogP contribution in [0.4, 0.5) is 25.8 Å². The number of halogens is 4. The van der Waals surface area contributed by atoms with Crippen molar-refractivity contribution in [2.75, 3.05) is 36.9 Å². The van der Waals surface area contributed by atoms with Gasteiger partial charge in [-0.3, -0.25) is 9.88 Å². The van der Waals surface area contributed by atoms with Gasteiger partial charge in [-0.1, -0.05) is 40.5 Å². The van der Waals surface area contributed by atoms with E-state index in [1.807, 2.05) is 41.2 Å². The van der Waals surface area contributed by atoms with E-state index < -0.39 is 17.7 Å². The van der Waals surface area contributed by atoms with E-state index in [2.05, 4.69) is 36.9 Å². The largest absolute Gasteiger partial charge is 0.378 e. The summed E-state index contributed by atoms with van der Waals surface area (Å²) in [4.78, 5) is 6.89. The van der Waals surface area contributed by atoms with Crippen molar-refractivity contribution in [1.29, 1.82) is 5.26 Å². The third kappa shape index (κ3) is 6.09. The fourth-order valence-electron chi connectivity index (χ4n) is 5.98. The summed E-state index contributed by atoms with van der Waals surface area (Å²) in [6.07, 6.45) is 5.32. The van der Waals surface area contributed by atoms with Crippen molar-refractivity contribution in [3.63, 3.8) is 0 Å². The number of aromatic nitrogens is 4. The van der Waals surface area contributed by atoms with Gasteiger partial charge >= 0.3 is 0 Å². The number of anilines is 3. The standard InChI is InChI=1S/C33H28Cl2F2N8O/c34-21-3-1-19(2-4-21)32(30-16-45(43-42-30)24-7-9-44(10-8-24)25-17-46-18-25)41-23-11-26-31(40-22-5-6-28(36)29(37)13-22)20(14-38)15-39-33(26)27(35)12-23/h1-6,11-13,15-16,24-25,32,41H,7-10,17-18H2,(H,39,40)/t32-/m0/s1. The maximum atomic E-state index is 14.0. The number of nitriles is 1. The molecule has 2 N–H and O–H groups in total. The zero-order chi connectivity index (χ0) is 31.8. The molecular formula is C33H28Cl2F2N8O. The van der Waals surface area contributed by atoms with E-state index in [0.29, 0.717) is 44.1 Å². The summed E-state index contributed by atoms with van der Waals surface area (Å²) in [6, 6.07) is 16.9. The van der Waals surface area contributed by atoms with Crippen LogP contribution in [0.5, 0.6) is 0 Å². The molecule has 2 aliphatic heterocycles. The summed E-state index contributed by atoms with van der Waals surface area (Å²) in [6.45, 7) is 3.59. The minimum atomic E-state index is -1.01. The number of nitrogens with zero attached hydrogens (tertiary/aromatic N) is 6. The Morgan fingerprint density at radius 3 is 2.43 bits per heavy atom. The smallest absolute Gasteiger partial charge is 0.160 e. The van der Waals surface area contributed by atoms with Crippen LogP contribution in [0.15, 0.2) is 67.0 Å². The molecule has 7 rings (SSSR count). The van der Waals surface area contributed by atoms with Crippen LogP contribution in [0.25, 0.3) is 10.9 Å². The van der Waals surface area contributed by atoms with E-state index >= 15 is 0 Å². The molecule has 0 saturated carbocycles. The van der Waals surface area contributed by atoms with Crippen LogP contribution < -0.4 is 10.6 Å². The number of hydrogen-bond donors (Lipinski definition) is 2. The lowest BCUT2D eigenvalue weighted by Gasteiger charge is -2.41. The normalized spacial score (nSPS) is 16.6. The third-order valence-corrected chi connectivity index (χ3v) is 9.12. The van der Waals surface area contributed by atoms with Crippen LogP contribution in [0.3, 0.4) is 0 Å². The van der Waals surface area contributed by atoms with Crippen molar-refractivity contribution in [2.45, 2.75) is 31.0 Å². The molecular weight excluding hydrogens is 633 g/mol. The number of likely N-dealkylation sites (tertiary alicyclic amines) is 1. The van der Waals surface area contributed by atoms with Crippen molar-refractivity contribution in [3.05, 3.63) is 105 Å². The van der Waals surface area contributed by atoms with Gasteiger partial charge in [-0.15, -0.1) is 5.10 Å². The fourth-order valence-corrected chi connectivity index (χ4v) is 6.38. The Hall–Kier alpha value is -4.34. The van der Waals surface area contributed by atoms with E-state index in [0.717, 1.165) is 56.8 Å². The Morgan fingerprint density at radius 2 is 1.74 bits per heavy atom. The van der Waals surface area contributed by atoms with E-state index in [9.17, 15) is 14.0 Å². The van der Waals surface area contributed by atoms with Gasteiger partial charge in [0.05, 0.1) is 59.3 Å². The van der Waals surface area contributed by atoms with Gasteiger partial charge in [0.25, 0.3) is 0 Å². The van der Waals surface area contributed by atoms with Crippen molar-refractivity contribution in [2.24, 2.45) is 0 Å². The minimum Gasteiger partial charge on any atom is -0.378 e. The lowest BCUT2D eigenvalue weighted by Crippen LogP contribution is -2.51. The first-order valence-corrected chi connectivity index (χ1v) is 15.6. The summed E-state index contributed by atoms with van der Waals surface area (Å²) >= 11 is 13.0. The van der Waals surface area contributed by atoms with Gasteiger partial charge in [-0.2, -0.15) is 5.26 Å². The summed E-state index contributed by atoms with van der Waals surface area (Å²) in [5.74, 6) is -1.99. The zero-order valence-electron chi connectivity index (χ0n) is 24.4. The maximum Gasteiger partial charge on any atom is 0.160 e. The molecule has 0 amide bonds. The van der Waals surface area contributed by atoms with Crippen LogP contribution in [-0.4, -0.2) is 57.2 Å². The highest BCUT2D eigenvalue weighted by atomic mass is 35.5. The number of ether oxygens (including phenoxy) is 1. The Labute approximate surface area is 273 Å². The average molecular weight is 662 g/mol. The molecule has 0 unspecified atom stereocenters. The zero-order valence-corrected chi connectivity index (χ0v) is 25.9. The van der Waals surface area contributed by atoms with E-state index in [1.54, 1.807) is 6.07 Å². The Kier molecular flexibility index (Phi) is 8.44. The van der Waals surface area contributed by atoms with Gasteiger partial charge in [-0.05, 0) is 54.8 Å². The van der Waals surface area contributed by atoms with Crippen LogP contribution in [-0.2, 0) is 4.74 Å². The minimum absolute atomic E-state index is 0.207. The third-order valence-electron chi connectivity index (χ3n) is 8.58. The van der Waals surface area contributed by atoms with Crippen molar-refractivity contribution < 1.29 is 13.5 Å². The second-order valence-electron chi connectivity index (χ2n) is 11.5. The molecule has 0 aliphatic carbocycles. The molecule has 9 nitrogen and oxygen atoms in total. The molecule has 0 bridgehead atoms. The topological polar surface area (TPSA) is 104 Å². The Morgan fingerprint density at radius 1 is 0.957 bits per heavy atom. The van der Waals surface area contributed by atoms with Crippen molar-refractivity contribution in [1.82, 2.24) is 24.9 Å². The second kappa shape index (κ2) is 12.8. The van der Waals surface area contributed by atoms with E-state index in [1.165, 1.54) is 12.3 Å². The molecule has 3 aromatic carbocycles. The summed E-state index contributed by atoms with van der Waals surface area (Å²) in [5.41, 5.74) is 3.49. The second-order valence-corrected chi connectivity index (χ2v) is 12.3.